The minimum atomic E-state index is -0.853. The molecule has 3 nitrogen and oxygen atoms in total. The third-order valence-corrected chi connectivity index (χ3v) is 4.18. The smallest absolute Gasteiger partial charge is 0.335 e. The van der Waals surface area contributed by atoms with Crippen LogP contribution in [-0.4, -0.2) is 24.3 Å². The Morgan fingerprint density at radius 3 is 2.40 bits per heavy atom. The fourth-order valence-corrected chi connectivity index (χ4v) is 2.95. The molecule has 1 N–H and O–H groups in total. The summed E-state index contributed by atoms with van der Waals surface area (Å²) >= 11 is 0. The summed E-state index contributed by atoms with van der Waals surface area (Å²) in [5, 5.41) is 8.91. The van der Waals surface area contributed by atoms with Crippen LogP contribution in [0.25, 0.3) is 0 Å². The maximum absolute atomic E-state index is 10.8. The van der Waals surface area contributed by atoms with Gasteiger partial charge in [-0.1, -0.05) is 19.1 Å². The van der Waals surface area contributed by atoms with Crippen LogP contribution < -0.4 is 0 Å². The van der Waals surface area contributed by atoms with Crippen LogP contribution in [0.3, 0.4) is 0 Å². The van der Waals surface area contributed by atoms with Gasteiger partial charge in [-0.15, -0.1) is 0 Å². The lowest BCUT2D eigenvalue weighted by molar-refractivity contribution is 0.0696. The average Bonchev–Trinajstić information content (AvgIpc) is 2.48. The van der Waals surface area contributed by atoms with Gasteiger partial charge in [0.25, 0.3) is 0 Å². The van der Waals surface area contributed by atoms with Crippen molar-refractivity contribution in [3.05, 3.63) is 35.4 Å². The van der Waals surface area contributed by atoms with Crippen LogP contribution in [0.15, 0.2) is 24.3 Å². The highest BCUT2D eigenvalue weighted by Gasteiger charge is 2.22. The summed E-state index contributed by atoms with van der Waals surface area (Å²) in [6, 6.07) is 7.38. The van der Waals surface area contributed by atoms with E-state index in [9.17, 15) is 4.79 Å². The fourth-order valence-electron chi connectivity index (χ4n) is 2.95. The summed E-state index contributed by atoms with van der Waals surface area (Å²) in [5.41, 5.74) is 1.65. The Balaban J connectivity index is 1.82. The Hall–Kier alpha value is -1.35. The van der Waals surface area contributed by atoms with Gasteiger partial charge < -0.3 is 9.84 Å². The van der Waals surface area contributed by atoms with Gasteiger partial charge in [0, 0.05) is 13.2 Å². The normalized spacial score (nSPS) is 22.6. The molecule has 0 unspecified atom stereocenters. The Labute approximate surface area is 121 Å². The minimum absolute atomic E-state index is 0.371. The summed E-state index contributed by atoms with van der Waals surface area (Å²) in [7, 11) is 0. The number of carboxylic acids is 1. The molecule has 0 atom stereocenters. The Bertz CT molecular complexity index is 416. The molecule has 0 saturated heterocycles. The van der Waals surface area contributed by atoms with Gasteiger partial charge in [0.15, 0.2) is 0 Å². The minimum Gasteiger partial charge on any atom is -0.478 e. The van der Waals surface area contributed by atoms with Crippen LogP contribution in [-0.2, 0) is 4.74 Å². The molecule has 0 amide bonds. The highest BCUT2D eigenvalue weighted by molar-refractivity contribution is 5.87. The molecule has 3 heteroatoms. The summed E-state index contributed by atoms with van der Waals surface area (Å²) in [5.74, 6) is 0.435. The third kappa shape index (κ3) is 4.07. The zero-order chi connectivity index (χ0) is 14.4. The van der Waals surface area contributed by atoms with Crippen molar-refractivity contribution in [3.8, 4) is 0 Å². The molecule has 0 radical (unpaired) electrons. The SMILES string of the molecule is CCCOCC1CCC(c2ccc(C(=O)O)cc2)CC1. The predicted molar refractivity (Wildman–Crippen MR) is 79.2 cm³/mol. The van der Waals surface area contributed by atoms with Crippen LogP contribution in [0.5, 0.6) is 0 Å². The zero-order valence-electron chi connectivity index (χ0n) is 12.2. The molecule has 0 bridgehead atoms. The average molecular weight is 276 g/mol. The number of aromatic carboxylic acids is 1. The highest BCUT2D eigenvalue weighted by Crippen LogP contribution is 2.35. The molecule has 1 aromatic rings. The predicted octanol–water partition coefficient (Wildman–Crippen LogP) is 4.09. The van der Waals surface area contributed by atoms with E-state index in [1.807, 2.05) is 12.1 Å². The second kappa shape index (κ2) is 7.44. The quantitative estimate of drug-likeness (QED) is 0.796. The second-order valence-electron chi connectivity index (χ2n) is 5.72. The lowest BCUT2D eigenvalue weighted by Crippen LogP contribution is -2.18. The van der Waals surface area contributed by atoms with E-state index in [2.05, 4.69) is 6.92 Å². The Kier molecular flexibility index (Phi) is 5.60. The largest absolute Gasteiger partial charge is 0.478 e. The molecule has 1 aliphatic carbocycles. The summed E-state index contributed by atoms with van der Waals surface area (Å²) in [4.78, 5) is 10.8. The molecule has 0 aliphatic heterocycles. The first-order chi connectivity index (χ1) is 9.70. The number of hydrogen-bond acceptors (Lipinski definition) is 2. The number of benzene rings is 1. The monoisotopic (exact) mass is 276 g/mol. The van der Waals surface area contributed by atoms with Crippen molar-refractivity contribution in [2.45, 2.75) is 44.9 Å². The van der Waals surface area contributed by atoms with Crippen molar-refractivity contribution in [1.29, 1.82) is 0 Å². The summed E-state index contributed by atoms with van der Waals surface area (Å²) in [6.07, 6.45) is 5.90. The number of hydrogen-bond donors (Lipinski definition) is 1. The molecule has 2 rings (SSSR count). The van der Waals surface area contributed by atoms with E-state index in [1.165, 1.54) is 31.2 Å². The van der Waals surface area contributed by atoms with Gasteiger partial charge >= 0.3 is 5.97 Å². The van der Waals surface area contributed by atoms with E-state index >= 15 is 0 Å². The van der Waals surface area contributed by atoms with Crippen LogP contribution in [0, 0.1) is 5.92 Å². The van der Waals surface area contributed by atoms with Crippen LogP contribution >= 0.6 is 0 Å². The number of ether oxygens (including phenoxy) is 1. The van der Waals surface area contributed by atoms with E-state index in [0.717, 1.165) is 19.6 Å². The van der Waals surface area contributed by atoms with Crippen molar-refractivity contribution < 1.29 is 14.6 Å². The first kappa shape index (κ1) is 15.0. The first-order valence-electron chi connectivity index (χ1n) is 7.61. The molecule has 20 heavy (non-hydrogen) atoms. The molecule has 1 aliphatic rings. The fraction of sp³-hybridized carbons (Fsp3) is 0.588. The van der Waals surface area contributed by atoms with Gasteiger partial charge in [-0.25, -0.2) is 4.79 Å². The van der Waals surface area contributed by atoms with Crippen molar-refractivity contribution >= 4 is 5.97 Å². The van der Waals surface area contributed by atoms with Crippen molar-refractivity contribution in [1.82, 2.24) is 0 Å². The van der Waals surface area contributed by atoms with Crippen LogP contribution in [0.4, 0.5) is 0 Å². The van der Waals surface area contributed by atoms with Gasteiger partial charge in [-0.05, 0) is 61.6 Å². The molecule has 0 aromatic heterocycles. The standard InChI is InChI=1S/C17H24O3/c1-2-11-20-12-13-3-5-14(6-4-13)15-7-9-16(10-8-15)17(18)19/h7-10,13-14H,2-6,11-12H2,1H3,(H,18,19). The second-order valence-corrected chi connectivity index (χ2v) is 5.72. The molecular formula is C17H24O3. The number of carbonyl (C=O) groups is 1. The van der Waals surface area contributed by atoms with E-state index in [1.54, 1.807) is 12.1 Å². The Morgan fingerprint density at radius 1 is 1.20 bits per heavy atom. The summed E-state index contributed by atoms with van der Waals surface area (Å²) < 4.78 is 5.64. The van der Waals surface area contributed by atoms with E-state index in [0.29, 0.717) is 17.4 Å². The van der Waals surface area contributed by atoms with Crippen LogP contribution in [0.1, 0.15) is 60.9 Å². The van der Waals surface area contributed by atoms with Gasteiger partial charge in [-0.3, -0.25) is 0 Å². The molecule has 1 saturated carbocycles. The molecule has 1 fully saturated rings. The van der Waals surface area contributed by atoms with Crippen molar-refractivity contribution in [2.24, 2.45) is 5.92 Å². The number of rotatable bonds is 6. The topological polar surface area (TPSA) is 46.5 Å². The van der Waals surface area contributed by atoms with Crippen molar-refractivity contribution in [2.75, 3.05) is 13.2 Å². The van der Waals surface area contributed by atoms with Crippen molar-refractivity contribution in [3.63, 3.8) is 0 Å². The molecule has 0 heterocycles. The summed E-state index contributed by atoms with van der Waals surface area (Å²) in [6.45, 7) is 3.91. The molecule has 1 aromatic carbocycles. The van der Waals surface area contributed by atoms with Crippen LogP contribution in [0.2, 0.25) is 0 Å². The lowest BCUT2D eigenvalue weighted by atomic mass is 9.79. The highest BCUT2D eigenvalue weighted by atomic mass is 16.5. The van der Waals surface area contributed by atoms with Gasteiger partial charge in [0.1, 0.15) is 0 Å². The van der Waals surface area contributed by atoms with E-state index < -0.39 is 5.97 Å². The first-order valence-corrected chi connectivity index (χ1v) is 7.61. The van der Waals surface area contributed by atoms with Gasteiger partial charge in [-0.2, -0.15) is 0 Å². The zero-order valence-corrected chi connectivity index (χ0v) is 12.2. The number of carboxylic acid groups (broad SMARTS) is 1. The maximum atomic E-state index is 10.8. The third-order valence-electron chi connectivity index (χ3n) is 4.18. The van der Waals surface area contributed by atoms with Gasteiger partial charge in [0.2, 0.25) is 0 Å². The van der Waals surface area contributed by atoms with E-state index in [4.69, 9.17) is 9.84 Å². The van der Waals surface area contributed by atoms with Gasteiger partial charge in [0.05, 0.1) is 5.56 Å². The molecular weight excluding hydrogens is 252 g/mol. The van der Waals surface area contributed by atoms with E-state index in [-0.39, 0.29) is 0 Å². The maximum Gasteiger partial charge on any atom is 0.335 e. The molecule has 110 valence electrons. The molecule has 0 spiro atoms. The lowest BCUT2D eigenvalue weighted by Gasteiger charge is -2.28. The Morgan fingerprint density at radius 2 is 1.85 bits per heavy atom.